The number of hydrogen-bond acceptors (Lipinski definition) is 2. The molecule has 2 aromatic carbocycles. The number of rotatable bonds is 4. The summed E-state index contributed by atoms with van der Waals surface area (Å²) < 4.78 is 0.875. The Labute approximate surface area is 131 Å². The van der Waals surface area contributed by atoms with E-state index in [0.29, 0.717) is 29.2 Å². The van der Waals surface area contributed by atoms with Crippen molar-refractivity contribution in [3.05, 3.63) is 57.5 Å². The summed E-state index contributed by atoms with van der Waals surface area (Å²) in [6, 6.07) is 12.9. The Morgan fingerprint density at radius 2 is 2.05 bits per heavy atom. The zero-order valence-electron chi connectivity index (χ0n) is 10.7. The quantitative estimate of drug-likeness (QED) is 0.807. The Bertz CT molecular complexity index is 631. The molecule has 3 nitrogen and oxygen atoms in total. The Kier molecular flexibility index (Phi) is 5.04. The van der Waals surface area contributed by atoms with Gasteiger partial charge in [0.1, 0.15) is 0 Å². The van der Waals surface area contributed by atoms with E-state index in [4.69, 9.17) is 17.3 Å². The highest BCUT2D eigenvalue weighted by molar-refractivity contribution is 9.10. The van der Waals surface area contributed by atoms with E-state index in [1.165, 1.54) is 0 Å². The van der Waals surface area contributed by atoms with Crippen LogP contribution in [0.2, 0.25) is 5.02 Å². The third-order valence-corrected chi connectivity index (χ3v) is 3.60. The van der Waals surface area contributed by atoms with Crippen molar-refractivity contribution in [1.29, 1.82) is 0 Å². The van der Waals surface area contributed by atoms with Gasteiger partial charge in [-0.1, -0.05) is 39.7 Å². The molecule has 0 radical (unpaired) electrons. The largest absolute Gasteiger partial charge is 0.399 e. The SMILES string of the molecule is Nc1cccc(CCC(=O)Nc2ccc(Br)cc2Cl)c1. The molecule has 0 fully saturated rings. The van der Waals surface area contributed by atoms with E-state index in [2.05, 4.69) is 21.2 Å². The average Bonchev–Trinajstić information content (AvgIpc) is 2.40. The van der Waals surface area contributed by atoms with Crippen LogP contribution in [0.3, 0.4) is 0 Å². The van der Waals surface area contributed by atoms with E-state index in [1.54, 1.807) is 12.1 Å². The molecule has 1 amide bonds. The summed E-state index contributed by atoms with van der Waals surface area (Å²) in [5, 5.41) is 3.31. The monoisotopic (exact) mass is 352 g/mol. The van der Waals surface area contributed by atoms with Crippen molar-refractivity contribution < 1.29 is 4.79 Å². The lowest BCUT2D eigenvalue weighted by molar-refractivity contribution is -0.116. The van der Waals surface area contributed by atoms with Crippen LogP contribution < -0.4 is 11.1 Å². The number of halogens is 2. The predicted molar refractivity (Wildman–Crippen MR) is 87.0 cm³/mol. The minimum absolute atomic E-state index is 0.0725. The van der Waals surface area contributed by atoms with Gasteiger partial charge < -0.3 is 11.1 Å². The second-order valence-electron chi connectivity index (χ2n) is 4.42. The van der Waals surface area contributed by atoms with Gasteiger partial charge >= 0.3 is 0 Å². The number of nitrogens with two attached hydrogens (primary N) is 1. The lowest BCUT2D eigenvalue weighted by Gasteiger charge is -2.08. The van der Waals surface area contributed by atoms with Crippen molar-refractivity contribution in [1.82, 2.24) is 0 Å². The van der Waals surface area contributed by atoms with Gasteiger partial charge in [0.15, 0.2) is 0 Å². The minimum Gasteiger partial charge on any atom is -0.399 e. The van der Waals surface area contributed by atoms with Crippen molar-refractivity contribution in [3.8, 4) is 0 Å². The van der Waals surface area contributed by atoms with Gasteiger partial charge in [0, 0.05) is 16.6 Å². The van der Waals surface area contributed by atoms with E-state index in [-0.39, 0.29) is 5.91 Å². The van der Waals surface area contributed by atoms with Crippen molar-refractivity contribution in [3.63, 3.8) is 0 Å². The summed E-state index contributed by atoms with van der Waals surface area (Å²) in [5.74, 6) is -0.0725. The smallest absolute Gasteiger partial charge is 0.224 e. The number of carbonyl (C=O) groups is 1. The third kappa shape index (κ3) is 4.25. The van der Waals surface area contributed by atoms with E-state index in [9.17, 15) is 4.79 Å². The Hall–Kier alpha value is -1.52. The number of amides is 1. The van der Waals surface area contributed by atoms with Crippen LogP contribution in [0.25, 0.3) is 0 Å². The molecule has 0 bridgehead atoms. The van der Waals surface area contributed by atoms with Gasteiger partial charge in [-0.25, -0.2) is 0 Å². The molecule has 0 atom stereocenters. The molecule has 0 aliphatic carbocycles. The highest BCUT2D eigenvalue weighted by Crippen LogP contribution is 2.25. The first-order valence-electron chi connectivity index (χ1n) is 6.14. The Balaban J connectivity index is 1.92. The zero-order chi connectivity index (χ0) is 14.5. The van der Waals surface area contributed by atoms with Gasteiger partial charge in [0.2, 0.25) is 5.91 Å². The third-order valence-electron chi connectivity index (χ3n) is 2.80. The molecule has 0 aliphatic rings. The van der Waals surface area contributed by atoms with Crippen LogP contribution in [0, 0.1) is 0 Å². The van der Waals surface area contributed by atoms with E-state index in [0.717, 1.165) is 10.0 Å². The number of nitrogens with one attached hydrogen (secondary N) is 1. The molecule has 20 heavy (non-hydrogen) atoms. The fraction of sp³-hybridized carbons (Fsp3) is 0.133. The number of benzene rings is 2. The average molecular weight is 354 g/mol. The standard InChI is InChI=1S/C15H14BrClN2O/c16-11-5-6-14(13(17)9-11)19-15(20)7-4-10-2-1-3-12(18)8-10/h1-3,5-6,8-9H,4,7,18H2,(H,19,20). The van der Waals surface area contributed by atoms with E-state index < -0.39 is 0 Å². The van der Waals surface area contributed by atoms with Crippen molar-refractivity contribution >= 4 is 44.8 Å². The number of carbonyl (C=O) groups excluding carboxylic acids is 1. The van der Waals surface area contributed by atoms with Gasteiger partial charge in [0.05, 0.1) is 10.7 Å². The Morgan fingerprint density at radius 1 is 1.25 bits per heavy atom. The van der Waals surface area contributed by atoms with Crippen LogP contribution in [-0.2, 0) is 11.2 Å². The van der Waals surface area contributed by atoms with Gasteiger partial charge in [-0.05, 0) is 42.3 Å². The van der Waals surface area contributed by atoms with Gasteiger partial charge in [-0.15, -0.1) is 0 Å². The number of hydrogen-bond donors (Lipinski definition) is 2. The lowest BCUT2D eigenvalue weighted by atomic mass is 10.1. The summed E-state index contributed by atoms with van der Waals surface area (Å²) in [6.07, 6.45) is 1.03. The summed E-state index contributed by atoms with van der Waals surface area (Å²) in [6.45, 7) is 0. The molecule has 104 valence electrons. The molecule has 0 saturated heterocycles. The van der Waals surface area contributed by atoms with Gasteiger partial charge in [-0.3, -0.25) is 4.79 Å². The topological polar surface area (TPSA) is 55.1 Å². The molecule has 0 heterocycles. The molecule has 0 spiro atoms. The number of nitrogen functional groups attached to an aromatic ring is 1. The first-order chi connectivity index (χ1) is 9.54. The normalized spacial score (nSPS) is 10.3. The fourth-order valence-electron chi connectivity index (χ4n) is 1.81. The van der Waals surface area contributed by atoms with Crippen LogP contribution in [0.5, 0.6) is 0 Å². The molecule has 0 aliphatic heterocycles. The highest BCUT2D eigenvalue weighted by atomic mass is 79.9. The van der Waals surface area contributed by atoms with E-state index in [1.807, 2.05) is 30.3 Å². The van der Waals surface area contributed by atoms with Crippen LogP contribution in [0.15, 0.2) is 46.9 Å². The van der Waals surface area contributed by atoms with Crippen molar-refractivity contribution in [2.75, 3.05) is 11.1 Å². The summed E-state index contributed by atoms with van der Waals surface area (Å²) in [5.41, 5.74) is 8.07. The molecular weight excluding hydrogens is 340 g/mol. The maximum atomic E-state index is 11.9. The lowest BCUT2D eigenvalue weighted by Crippen LogP contribution is -2.12. The van der Waals surface area contributed by atoms with Crippen LogP contribution >= 0.6 is 27.5 Å². The van der Waals surface area contributed by atoms with Crippen molar-refractivity contribution in [2.45, 2.75) is 12.8 Å². The molecule has 0 unspecified atom stereocenters. The zero-order valence-corrected chi connectivity index (χ0v) is 13.0. The summed E-state index contributed by atoms with van der Waals surface area (Å²) in [4.78, 5) is 11.9. The van der Waals surface area contributed by atoms with Crippen LogP contribution in [-0.4, -0.2) is 5.91 Å². The molecule has 2 rings (SSSR count). The minimum atomic E-state index is -0.0725. The van der Waals surface area contributed by atoms with Gasteiger partial charge in [0.25, 0.3) is 0 Å². The molecule has 0 saturated carbocycles. The predicted octanol–water partition coefficient (Wildman–Crippen LogP) is 4.26. The Morgan fingerprint density at radius 3 is 2.75 bits per heavy atom. The van der Waals surface area contributed by atoms with Crippen LogP contribution in [0.1, 0.15) is 12.0 Å². The number of anilines is 2. The molecular formula is C15H14BrClN2O. The molecule has 3 N–H and O–H groups in total. The van der Waals surface area contributed by atoms with Crippen molar-refractivity contribution in [2.24, 2.45) is 0 Å². The maximum Gasteiger partial charge on any atom is 0.224 e. The molecule has 5 heteroatoms. The maximum absolute atomic E-state index is 11.9. The first-order valence-corrected chi connectivity index (χ1v) is 7.31. The summed E-state index contributed by atoms with van der Waals surface area (Å²) in [7, 11) is 0. The number of aryl methyl sites for hydroxylation is 1. The fourth-order valence-corrected chi connectivity index (χ4v) is 2.53. The second kappa shape index (κ2) is 6.77. The first kappa shape index (κ1) is 14.9. The van der Waals surface area contributed by atoms with E-state index >= 15 is 0 Å². The van der Waals surface area contributed by atoms with Gasteiger partial charge in [-0.2, -0.15) is 0 Å². The highest BCUT2D eigenvalue weighted by Gasteiger charge is 2.06. The van der Waals surface area contributed by atoms with Crippen LogP contribution in [0.4, 0.5) is 11.4 Å². The summed E-state index contributed by atoms with van der Waals surface area (Å²) >= 11 is 9.37. The molecule has 0 aromatic heterocycles. The molecule has 2 aromatic rings. The second-order valence-corrected chi connectivity index (χ2v) is 5.74.